The number of rotatable bonds is 9. The van der Waals surface area contributed by atoms with Crippen LogP contribution in [0.1, 0.15) is 58.8 Å². The van der Waals surface area contributed by atoms with Gasteiger partial charge in [-0.3, -0.25) is 0 Å². The van der Waals surface area contributed by atoms with Crippen LogP contribution in [0.4, 0.5) is 0 Å². The Morgan fingerprint density at radius 3 is 2.61 bits per heavy atom. The van der Waals surface area contributed by atoms with E-state index < -0.39 is 0 Å². The van der Waals surface area contributed by atoms with Gasteiger partial charge in [0, 0.05) is 12.6 Å². The normalized spacial score (nSPS) is 25.0. The summed E-state index contributed by atoms with van der Waals surface area (Å²) in [5, 5.41) is 3.57. The van der Waals surface area contributed by atoms with Crippen molar-refractivity contribution in [2.45, 2.75) is 70.9 Å². The van der Waals surface area contributed by atoms with E-state index in [4.69, 9.17) is 9.47 Å². The van der Waals surface area contributed by atoms with Crippen molar-refractivity contribution in [3.05, 3.63) is 0 Å². The summed E-state index contributed by atoms with van der Waals surface area (Å²) in [5.74, 6) is 0. The quantitative estimate of drug-likeness (QED) is 0.508. The molecule has 2 unspecified atom stereocenters. The van der Waals surface area contributed by atoms with Crippen molar-refractivity contribution in [1.29, 1.82) is 0 Å². The minimum Gasteiger partial charge on any atom is -0.379 e. The molecular weight excluding hydrogens is 226 g/mol. The van der Waals surface area contributed by atoms with Crippen LogP contribution >= 0.6 is 0 Å². The standard InChI is InChI=1S/C15H31NO2/c1-3-5-11-17-12-13-18-15-10-8-6-7-9-14(15)16-4-2/h14-16H,3-13H2,1-2H3. The van der Waals surface area contributed by atoms with E-state index in [1.165, 1.54) is 38.5 Å². The molecule has 2 atom stereocenters. The molecule has 3 heteroatoms. The Morgan fingerprint density at radius 1 is 1.00 bits per heavy atom. The van der Waals surface area contributed by atoms with Gasteiger partial charge in [0.25, 0.3) is 0 Å². The average Bonchev–Trinajstić information content (AvgIpc) is 2.60. The summed E-state index contributed by atoms with van der Waals surface area (Å²) in [4.78, 5) is 0. The monoisotopic (exact) mass is 257 g/mol. The summed E-state index contributed by atoms with van der Waals surface area (Å²) in [5.41, 5.74) is 0. The SMILES string of the molecule is CCCCOCCOC1CCCCCC1NCC. The zero-order chi connectivity index (χ0) is 13.1. The van der Waals surface area contributed by atoms with Crippen molar-refractivity contribution in [2.75, 3.05) is 26.4 Å². The Balaban J connectivity index is 2.15. The summed E-state index contributed by atoms with van der Waals surface area (Å²) in [7, 11) is 0. The van der Waals surface area contributed by atoms with Crippen molar-refractivity contribution in [1.82, 2.24) is 5.32 Å². The predicted molar refractivity (Wildman–Crippen MR) is 76.0 cm³/mol. The van der Waals surface area contributed by atoms with Gasteiger partial charge in [-0.15, -0.1) is 0 Å². The minimum absolute atomic E-state index is 0.391. The molecule has 1 N–H and O–H groups in total. The minimum atomic E-state index is 0.391. The lowest BCUT2D eigenvalue weighted by Crippen LogP contribution is -2.41. The van der Waals surface area contributed by atoms with Crippen LogP contribution in [0.15, 0.2) is 0 Å². The Bertz CT molecular complexity index is 187. The van der Waals surface area contributed by atoms with Crippen molar-refractivity contribution in [3.8, 4) is 0 Å². The lowest BCUT2D eigenvalue weighted by molar-refractivity contribution is -0.0144. The van der Waals surface area contributed by atoms with Crippen LogP contribution in [0.2, 0.25) is 0 Å². The molecular formula is C15H31NO2. The highest BCUT2D eigenvalue weighted by Crippen LogP contribution is 2.20. The van der Waals surface area contributed by atoms with Crippen LogP contribution in [-0.4, -0.2) is 38.5 Å². The average molecular weight is 257 g/mol. The molecule has 0 bridgehead atoms. The Kier molecular flexibility index (Phi) is 9.54. The van der Waals surface area contributed by atoms with Crippen LogP contribution in [0.3, 0.4) is 0 Å². The predicted octanol–water partition coefficient (Wildman–Crippen LogP) is 3.13. The highest BCUT2D eigenvalue weighted by Gasteiger charge is 2.23. The fourth-order valence-corrected chi connectivity index (χ4v) is 2.58. The van der Waals surface area contributed by atoms with Gasteiger partial charge in [-0.05, 0) is 25.8 Å². The lowest BCUT2D eigenvalue weighted by atomic mass is 10.1. The highest BCUT2D eigenvalue weighted by atomic mass is 16.5. The van der Waals surface area contributed by atoms with Crippen molar-refractivity contribution in [2.24, 2.45) is 0 Å². The molecule has 1 aliphatic carbocycles. The van der Waals surface area contributed by atoms with E-state index >= 15 is 0 Å². The lowest BCUT2D eigenvalue weighted by Gasteiger charge is -2.26. The topological polar surface area (TPSA) is 30.5 Å². The van der Waals surface area contributed by atoms with E-state index in [-0.39, 0.29) is 0 Å². The van der Waals surface area contributed by atoms with Crippen LogP contribution < -0.4 is 5.32 Å². The first-order chi connectivity index (χ1) is 8.88. The Morgan fingerprint density at radius 2 is 1.83 bits per heavy atom. The number of hydrogen-bond donors (Lipinski definition) is 1. The van der Waals surface area contributed by atoms with E-state index in [2.05, 4.69) is 19.2 Å². The molecule has 0 spiro atoms. The molecule has 0 amide bonds. The number of nitrogens with one attached hydrogen (secondary N) is 1. The van der Waals surface area contributed by atoms with Crippen molar-refractivity contribution in [3.63, 3.8) is 0 Å². The highest BCUT2D eigenvalue weighted by molar-refractivity contribution is 4.79. The molecule has 0 aliphatic heterocycles. The van der Waals surface area contributed by atoms with E-state index in [1.807, 2.05) is 0 Å². The maximum atomic E-state index is 6.02. The number of unbranched alkanes of at least 4 members (excludes halogenated alkanes) is 1. The van der Waals surface area contributed by atoms with E-state index in [0.29, 0.717) is 12.1 Å². The van der Waals surface area contributed by atoms with Gasteiger partial charge in [0.15, 0.2) is 0 Å². The summed E-state index contributed by atoms with van der Waals surface area (Å²) in [6, 6.07) is 0.549. The van der Waals surface area contributed by atoms with Gasteiger partial charge < -0.3 is 14.8 Å². The van der Waals surface area contributed by atoms with Gasteiger partial charge in [0.1, 0.15) is 0 Å². The first-order valence-corrected chi connectivity index (χ1v) is 7.81. The van der Waals surface area contributed by atoms with Crippen LogP contribution in [0.25, 0.3) is 0 Å². The molecule has 1 aliphatic rings. The third-order valence-corrected chi connectivity index (χ3v) is 3.62. The maximum absolute atomic E-state index is 6.02. The molecule has 0 aromatic carbocycles. The zero-order valence-electron chi connectivity index (χ0n) is 12.2. The third-order valence-electron chi connectivity index (χ3n) is 3.62. The number of hydrogen-bond acceptors (Lipinski definition) is 3. The molecule has 0 aromatic rings. The van der Waals surface area contributed by atoms with Crippen molar-refractivity contribution >= 4 is 0 Å². The second kappa shape index (κ2) is 10.8. The van der Waals surface area contributed by atoms with Crippen LogP contribution in [0, 0.1) is 0 Å². The molecule has 1 rings (SSSR count). The Hall–Kier alpha value is -0.120. The maximum Gasteiger partial charge on any atom is 0.0729 e. The van der Waals surface area contributed by atoms with Gasteiger partial charge in [-0.25, -0.2) is 0 Å². The fourth-order valence-electron chi connectivity index (χ4n) is 2.58. The van der Waals surface area contributed by atoms with Gasteiger partial charge in [0.05, 0.1) is 19.3 Å². The van der Waals surface area contributed by atoms with Gasteiger partial charge in [0.2, 0.25) is 0 Å². The van der Waals surface area contributed by atoms with E-state index in [9.17, 15) is 0 Å². The van der Waals surface area contributed by atoms with E-state index in [1.54, 1.807) is 0 Å². The summed E-state index contributed by atoms with van der Waals surface area (Å²) >= 11 is 0. The van der Waals surface area contributed by atoms with Crippen LogP contribution in [0.5, 0.6) is 0 Å². The van der Waals surface area contributed by atoms with Crippen molar-refractivity contribution < 1.29 is 9.47 Å². The molecule has 3 nitrogen and oxygen atoms in total. The molecule has 0 radical (unpaired) electrons. The molecule has 0 saturated heterocycles. The van der Waals surface area contributed by atoms with Gasteiger partial charge >= 0.3 is 0 Å². The largest absolute Gasteiger partial charge is 0.379 e. The summed E-state index contributed by atoms with van der Waals surface area (Å²) in [6.45, 7) is 7.77. The summed E-state index contributed by atoms with van der Waals surface area (Å²) in [6.07, 6.45) is 9.21. The van der Waals surface area contributed by atoms with E-state index in [0.717, 1.165) is 32.8 Å². The van der Waals surface area contributed by atoms with Gasteiger partial charge in [-0.2, -0.15) is 0 Å². The zero-order valence-corrected chi connectivity index (χ0v) is 12.2. The smallest absolute Gasteiger partial charge is 0.0729 e. The molecule has 0 heterocycles. The third kappa shape index (κ3) is 6.72. The first kappa shape index (κ1) is 15.9. The second-order valence-electron chi connectivity index (χ2n) is 5.18. The van der Waals surface area contributed by atoms with Gasteiger partial charge in [-0.1, -0.05) is 39.5 Å². The molecule has 1 fully saturated rings. The first-order valence-electron chi connectivity index (χ1n) is 7.81. The molecule has 1 saturated carbocycles. The fraction of sp³-hybridized carbons (Fsp3) is 1.00. The second-order valence-corrected chi connectivity index (χ2v) is 5.18. The molecule has 0 aromatic heterocycles. The molecule has 18 heavy (non-hydrogen) atoms. The Labute approximate surface area is 113 Å². The number of ether oxygens (including phenoxy) is 2. The number of likely N-dealkylation sites (N-methyl/N-ethyl adjacent to an activating group) is 1. The van der Waals surface area contributed by atoms with Crippen LogP contribution in [-0.2, 0) is 9.47 Å². The molecule has 108 valence electrons. The summed E-state index contributed by atoms with van der Waals surface area (Å²) < 4.78 is 11.6.